The third kappa shape index (κ3) is 14.6. The first-order valence-electron chi connectivity index (χ1n) is 10.9. The van der Waals surface area contributed by atoms with Crippen LogP contribution in [0.25, 0.3) is 0 Å². The molecule has 0 aromatic rings. The van der Waals surface area contributed by atoms with E-state index in [0.29, 0.717) is 12.8 Å². The molecule has 2 heteroatoms. The van der Waals surface area contributed by atoms with Crippen molar-refractivity contribution in [1.29, 1.82) is 0 Å². The normalized spacial score (nSPS) is 17.8. The molecule has 0 aliphatic rings. The molecule has 2 nitrogen and oxygen atoms in total. The van der Waals surface area contributed by atoms with Crippen molar-refractivity contribution in [2.45, 2.75) is 130 Å². The Balaban J connectivity index is 4.21. The number of aliphatic hydroxyl groups is 2. The van der Waals surface area contributed by atoms with Crippen molar-refractivity contribution in [3.8, 4) is 0 Å². The molecule has 0 heterocycles. The average Bonchev–Trinajstić information content (AvgIpc) is 2.56. The molecular formula is C24H46O2. The first kappa shape index (κ1) is 25.4. The number of rotatable bonds is 15. The summed E-state index contributed by atoms with van der Waals surface area (Å²) in [7, 11) is 0. The lowest BCUT2D eigenvalue weighted by Crippen LogP contribution is -2.31. The van der Waals surface area contributed by atoms with Gasteiger partial charge in [-0.1, -0.05) is 50.0 Å². The highest BCUT2D eigenvalue weighted by Gasteiger charge is 2.26. The molecule has 0 rings (SSSR count). The predicted octanol–water partition coefficient (Wildman–Crippen LogP) is 7.10. The molecule has 0 aliphatic heterocycles. The minimum absolute atomic E-state index is 0.653. The monoisotopic (exact) mass is 366 g/mol. The molecule has 0 aliphatic carbocycles. The third-order valence-electron chi connectivity index (χ3n) is 5.40. The Hall–Kier alpha value is -0.600. The summed E-state index contributed by atoms with van der Waals surface area (Å²) in [5.74, 6) is 0. The van der Waals surface area contributed by atoms with E-state index in [1.54, 1.807) is 0 Å². The van der Waals surface area contributed by atoms with Crippen molar-refractivity contribution in [2.24, 2.45) is 0 Å². The van der Waals surface area contributed by atoms with Crippen LogP contribution in [0.4, 0.5) is 0 Å². The number of hydrogen-bond acceptors (Lipinski definition) is 2. The molecule has 0 amide bonds. The molecule has 0 saturated carbocycles. The van der Waals surface area contributed by atoms with E-state index >= 15 is 0 Å². The summed E-state index contributed by atoms with van der Waals surface area (Å²) >= 11 is 0. The molecule has 0 bridgehead atoms. The number of unbranched alkanes of at least 4 members (excludes halogenated alkanes) is 2. The van der Waals surface area contributed by atoms with Gasteiger partial charge >= 0.3 is 0 Å². The second-order valence-electron chi connectivity index (χ2n) is 8.88. The van der Waals surface area contributed by atoms with Crippen molar-refractivity contribution >= 4 is 0 Å². The molecule has 154 valence electrons. The maximum atomic E-state index is 10.6. The van der Waals surface area contributed by atoms with Gasteiger partial charge in [0.2, 0.25) is 0 Å². The minimum atomic E-state index is -0.696. The Morgan fingerprint density at radius 3 is 1.35 bits per heavy atom. The van der Waals surface area contributed by atoms with E-state index in [0.717, 1.165) is 25.7 Å². The predicted molar refractivity (Wildman–Crippen MR) is 116 cm³/mol. The van der Waals surface area contributed by atoms with Gasteiger partial charge in [-0.3, -0.25) is 0 Å². The molecule has 26 heavy (non-hydrogen) atoms. The second kappa shape index (κ2) is 13.6. The molecule has 2 unspecified atom stereocenters. The van der Waals surface area contributed by atoms with Gasteiger partial charge in [-0.25, -0.2) is 0 Å². The lowest BCUT2D eigenvalue weighted by molar-refractivity contribution is -0.00986. The van der Waals surface area contributed by atoms with E-state index in [2.05, 4.69) is 39.8 Å². The molecule has 0 aromatic carbocycles. The van der Waals surface area contributed by atoms with Gasteiger partial charge in [0.1, 0.15) is 0 Å². The van der Waals surface area contributed by atoms with Gasteiger partial charge < -0.3 is 10.2 Å². The third-order valence-corrected chi connectivity index (χ3v) is 5.40. The number of hydrogen-bond donors (Lipinski definition) is 2. The van der Waals surface area contributed by atoms with Crippen LogP contribution in [0.2, 0.25) is 0 Å². The fourth-order valence-electron chi connectivity index (χ4n) is 3.16. The Bertz CT molecular complexity index is 376. The van der Waals surface area contributed by atoms with Gasteiger partial charge in [0, 0.05) is 0 Å². The van der Waals surface area contributed by atoms with E-state index in [1.165, 1.54) is 49.7 Å². The van der Waals surface area contributed by atoms with Gasteiger partial charge in [-0.2, -0.15) is 0 Å². The average molecular weight is 367 g/mol. The summed E-state index contributed by atoms with van der Waals surface area (Å²) in [6, 6.07) is 0. The van der Waals surface area contributed by atoms with E-state index < -0.39 is 11.2 Å². The maximum Gasteiger partial charge on any atom is 0.0623 e. The van der Waals surface area contributed by atoms with Gasteiger partial charge in [0.05, 0.1) is 11.2 Å². The molecule has 0 radical (unpaired) electrons. The fourth-order valence-corrected chi connectivity index (χ4v) is 3.16. The van der Waals surface area contributed by atoms with E-state index in [1.807, 2.05) is 13.8 Å². The van der Waals surface area contributed by atoms with Crippen LogP contribution in [-0.2, 0) is 0 Å². The van der Waals surface area contributed by atoms with Crippen LogP contribution < -0.4 is 0 Å². The summed E-state index contributed by atoms with van der Waals surface area (Å²) in [5, 5.41) is 21.3. The Morgan fingerprint density at radius 1 is 0.692 bits per heavy atom. The quantitative estimate of drug-likeness (QED) is 0.303. The van der Waals surface area contributed by atoms with Crippen LogP contribution in [0.1, 0.15) is 119 Å². The molecule has 0 aromatic heterocycles. The molecule has 0 saturated heterocycles. The Morgan fingerprint density at radius 2 is 1.04 bits per heavy atom. The van der Waals surface area contributed by atoms with Crippen LogP contribution in [0.5, 0.6) is 0 Å². The van der Waals surface area contributed by atoms with Gasteiger partial charge in [0.25, 0.3) is 0 Å². The summed E-state index contributed by atoms with van der Waals surface area (Å²) in [4.78, 5) is 0. The Labute approximate surface area is 163 Å². The standard InChI is InChI=1S/C24H46O2/c1-7-9-13-21(3)15-11-17-23(5,25)19-20-24(6,26)18-12-16-22(4)14-10-8-2/h15-16,25-26H,7-14,17-20H2,1-6H3. The lowest BCUT2D eigenvalue weighted by Gasteiger charge is -2.29. The van der Waals surface area contributed by atoms with Gasteiger partial charge in [-0.05, 0) is 91.9 Å². The smallest absolute Gasteiger partial charge is 0.0623 e. The lowest BCUT2D eigenvalue weighted by atomic mass is 9.86. The summed E-state index contributed by atoms with van der Waals surface area (Å²) in [6.07, 6.45) is 16.5. The van der Waals surface area contributed by atoms with Crippen molar-refractivity contribution in [3.05, 3.63) is 23.3 Å². The van der Waals surface area contributed by atoms with Crippen molar-refractivity contribution < 1.29 is 10.2 Å². The largest absolute Gasteiger partial charge is 0.390 e. The van der Waals surface area contributed by atoms with Crippen molar-refractivity contribution in [2.75, 3.05) is 0 Å². The van der Waals surface area contributed by atoms with Gasteiger partial charge in [-0.15, -0.1) is 0 Å². The van der Waals surface area contributed by atoms with Gasteiger partial charge in [0.15, 0.2) is 0 Å². The summed E-state index contributed by atoms with van der Waals surface area (Å²) in [6.45, 7) is 12.6. The van der Waals surface area contributed by atoms with Crippen LogP contribution in [0.3, 0.4) is 0 Å². The topological polar surface area (TPSA) is 40.5 Å². The first-order chi connectivity index (χ1) is 12.1. The van der Waals surface area contributed by atoms with Crippen molar-refractivity contribution in [1.82, 2.24) is 0 Å². The zero-order valence-electron chi connectivity index (χ0n) is 18.5. The summed E-state index contributed by atoms with van der Waals surface area (Å²) < 4.78 is 0. The Kier molecular flexibility index (Phi) is 13.2. The first-order valence-corrected chi connectivity index (χ1v) is 10.9. The molecular weight excluding hydrogens is 320 g/mol. The molecule has 2 N–H and O–H groups in total. The summed E-state index contributed by atoms with van der Waals surface area (Å²) in [5.41, 5.74) is 1.47. The van der Waals surface area contributed by atoms with Crippen LogP contribution in [0.15, 0.2) is 23.3 Å². The zero-order valence-corrected chi connectivity index (χ0v) is 18.5. The molecule has 0 fully saturated rings. The highest BCUT2D eigenvalue weighted by molar-refractivity contribution is 4.99. The second-order valence-corrected chi connectivity index (χ2v) is 8.88. The zero-order chi connectivity index (χ0) is 20.1. The highest BCUT2D eigenvalue weighted by Crippen LogP contribution is 2.27. The van der Waals surface area contributed by atoms with E-state index in [4.69, 9.17) is 0 Å². The number of allylic oxidation sites excluding steroid dienone is 4. The minimum Gasteiger partial charge on any atom is -0.390 e. The van der Waals surface area contributed by atoms with Crippen LogP contribution in [0, 0.1) is 0 Å². The molecule has 0 spiro atoms. The highest BCUT2D eigenvalue weighted by atomic mass is 16.3. The SMILES string of the molecule is CCCCC(C)=CCCC(C)(O)CCC(C)(O)CCC=C(C)CCCC. The maximum absolute atomic E-state index is 10.6. The van der Waals surface area contributed by atoms with Crippen molar-refractivity contribution in [3.63, 3.8) is 0 Å². The van der Waals surface area contributed by atoms with Crippen LogP contribution >= 0.6 is 0 Å². The van der Waals surface area contributed by atoms with E-state index in [-0.39, 0.29) is 0 Å². The fraction of sp³-hybridized carbons (Fsp3) is 0.833. The molecule has 2 atom stereocenters. The van der Waals surface area contributed by atoms with E-state index in [9.17, 15) is 10.2 Å². The van der Waals surface area contributed by atoms with Crippen LogP contribution in [-0.4, -0.2) is 21.4 Å².